The van der Waals surface area contributed by atoms with E-state index in [1.54, 1.807) is 12.1 Å². The highest BCUT2D eigenvalue weighted by Crippen LogP contribution is 2.60. The zero-order chi connectivity index (χ0) is 16.0. The van der Waals surface area contributed by atoms with Crippen molar-refractivity contribution >= 4 is 21.8 Å². The molecule has 1 aromatic rings. The number of hydrogen-bond donors (Lipinski definition) is 1. The maximum atomic E-state index is 13.3. The Morgan fingerprint density at radius 2 is 1.78 bits per heavy atom. The lowest BCUT2D eigenvalue weighted by atomic mass is 9.49. The Balaban J connectivity index is 1.36. The minimum absolute atomic E-state index is 0.0713. The van der Waals surface area contributed by atoms with Crippen molar-refractivity contribution in [3.63, 3.8) is 0 Å². The van der Waals surface area contributed by atoms with Crippen LogP contribution in [0.4, 0.5) is 4.39 Å². The van der Waals surface area contributed by atoms with Gasteiger partial charge in [0.1, 0.15) is 5.82 Å². The molecule has 4 aliphatic rings. The van der Waals surface area contributed by atoms with Gasteiger partial charge in [-0.25, -0.2) is 4.39 Å². The second-order valence-corrected chi connectivity index (χ2v) is 8.81. The lowest BCUT2D eigenvalue weighted by Gasteiger charge is -2.55. The van der Waals surface area contributed by atoms with Gasteiger partial charge in [0.25, 0.3) is 0 Å². The van der Waals surface area contributed by atoms with Crippen molar-refractivity contribution < 1.29 is 9.18 Å². The van der Waals surface area contributed by atoms with Crippen LogP contribution in [-0.4, -0.2) is 12.5 Å². The van der Waals surface area contributed by atoms with Crippen molar-refractivity contribution in [3.8, 4) is 0 Å². The highest BCUT2D eigenvalue weighted by atomic mass is 79.9. The van der Waals surface area contributed by atoms with Crippen LogP contribution in [-0.2, 0) is 11.2 Å². The van der Waals surface area contributed by atoms with Crippen molar-refractivity contribution in [1.82, 2.24) is 5.32 Å². The van der Waals surface area contributed by atoms with E-state index >= 15 is 0 Å². The zero-order valence-electron chi connectivity index (χ0n) is 13.3. The Kier molecular flexibility index (Phi) is 3.99. The van der Waals surface area contributed by atoms with Crippen LogP contribution in [0.2, 0.25) is 0 Å². The van der Waals surface area contributed by atoms with Gasteiger partial charge in [-0.1, -0.05) is 6.07 Å². The number of rotatable bonds is 4. The largest absolute Gasteiger partial charge is 0.355 e. The Morgan fingerprint density at radius 1 is 1.17 bits per heavy atom. The minimum atomic E-state index is -0.244. The van der Waals surface area contributed by atoms with Crippen molar-refractivity contribution in [2.45, 2.75) is 44.9 Å². The van der Waals surface area contributed by atoms with Crippen molar-refractivity contribution in [1.29, 1.82) is 0 Å². The van der Waals surface area contributed by atoms with Crippen LogP contribution in [0.3, 0.4) is 0 Å². The van der Waals surface area contributed by atoms with Crippen LogP contribution in [0.15, 0.2) is 22.7 Å². The first-order valence-electron chi connectivity index (χ1n) is 8.76. The first-order chi connectivity index (χ1) is 11.0. The van der Waals surface area contributed by atoms with Crippen LogP contribution >= 0.6 is 15.9 Å². The Labute approximate surface area is 145 Å². The summed E-state index contributed by atoms with van der Waals surface area (Å²) in [6.07, 6.45) is 8.13. The van der Waals surface area contributed by atoms with E-state index in [0.717, 1.165) is 49.0 Å². The monoisotopic (exact) mass is 379 g/mol. The minimum Gasteiger partial charge on any atom is -0.355 e. The first-order valence-corrected chi connectivity index (χ1v) is 9.56. The van der Waals surface area contributed by atoms with Gasteiger partial charge in [-0.15, -0.1) is 0 Å². The highest BCUT2D eigenvalue weighted by molar-refractivity contribution is 9.10. The van der Waals surface area contributed by atoms with Crippen LogP contribution in [0.1, 0.15) is 44.1 Å². The van der Waals surface area contributed by atoms with Gasteiger partial charge in [-0.05, 0) is 96.3 Å². The Morgan fingerprint density at radius 3 is 2.35 bits per heavy atom. The second-order valence-electron chi connectivity index (χ2n) is 7.95. The summed E-state index contributed by atoms with van der Waals surface area (Å²) >= 11 is 3.21. The molecule has 4 heteroatoms. The molecule has 124 valence electrons. The van der Waals surface area contributed by atoms with Crippen LogP contribution < -0.4 is 5.32 Å². The molecule has 0 heterocycles. The molecule has 1 amide bonds. The summed E-state index contributed by atoms with van der Waals surface area (Å²) in [7, 11) is 0. The van der Waals surface area contributed by atoms with Gasteiger partial charge in [-0.3, -0.25) is 4.79 Å². The molecular weight excluding hydrogens is 357 g/mol. The fourth-order valence-corrected chi connectivity index (χ4v) is 6.02. The summed E-state index contributed by atoms with van der Waals surface area (Å²) in [5, 5.41) is 3.17. The molecule has 4 aliphatic carbocycles. The van der Waals surface area contributed by atoms with Gasteiger partial charge in [-0.2, -0.15) is 0 Å². The average Bonchev–Trinajstić information content (AvgIpc) is 2.49. The fraction of sp³-hybridized carbons (Fsp3) is 0.632. The van der Waals surface area contributed by atoms with Crippen molar-refractivity contribution in [2.24, 2.45) is 23.2 Å². The van der Waals surface area contributed by atoms with Gasteiger partial charge in [0.05, 0.1) is 4.47 Å². The topological polar surface area (TPSA) is 29.1 Å². The molecule has 2 nitrogen and oxygen atoms in total. The molecule has 1 N–H and O–H groups in total. The predicted octanol–water partition coefficient (Wildman–Crippen LogP) is 4.46. The molecule has 0 aromatic heterocycles. The number of halogens is 2. The van der Waals surface area contributed by atoms with E-state index in [1.165, 1.54) is 25.3 Å². The molecule has 0 saturated heterocycles. The summed E-state index contributed by atoms with van der Waals surface area (Å²) in [6.45, 7) is 0.638. The summed E-state index contributed by atoms with van der Waals surface area (Å²) in [4.78, 5) is 12.8. The van der Waals surface area contributed by atoms with E-state index in [9.17, 15) is 9.18 Å². The third kappa shape index (κ3) is 2.95. The average molecular weight is 380 g/mol. The fourth-order valence-electron chi connectivity index (χ4n) is 5.59. The molecule has 4 fully saturated rings. The number of carbonyl (C=O) groups excluding carboxylic acids is 1. The molecule has 5 rings (SSSR count). The summed E-state index contributed by atoms with van der Waals surface area (Å²) < 4.78 is 13.7. The zero-order valence-corrected chi connectivity index (χ0v) is 14.9. The van der Waals surface area contributed by atoms with Crippen LogP contribution in [0.5, 0.6) is 0 Å². The molecule has 0 aliphatic heterocycles. The van der Waals surface area contributed by atoms with E-state index in [4.69, 9.17) is 0 Å². The Bertz CT molecular complexity index is 595. The summed E-state index contributed by atoms with van der Waals surface area (Å²) in [5.74, 6) is 2.41. The smallest absolute Gasteiger partial charge is 0.226 e. The first kappa shape index (κ1) is 15.6. The maximum absolute atomic E-state index is 13.3. The normalized spacial score (nSPS) is 34.6. The number of hydrogen-bond acceptors (Lipinski definition) is 1. The molecule has 1 aromatic carbocycles. The van der Waals surface area contributed by atoms with Gasteiger partial charge >= 0.3 is 0 Å². The predicted molar refractivity (Wildman–Crippen MR) is 91.4 cm³/mol. The number of carbonyl (C=O) groups is 1. The van der Waals surface area contributed by atoms with Crippen molar-refractivity contribution in [3.05, 3.63) is 34.1 Å². The van der Waals surface area contributed by atoms with Crippen molar-refractivity contribution in [2.75, 3.05) is 6.54 Å². The maximum Gasteiger partial charge on any atom is 0.226 e. The molecule has 4 saturated carbocycles. The molecular formula is C19H23BrFNO. The van der Waals surface area contributed by atoms with E-state index in [0.29, 0.717) is 11.0 Å². The molecule has 23 heavy (non-hydrogen) atoms. The standard InChI is InChI=1S/C19H23BrFNO/c20-16-8-12(1-2-17(16)21)3-4-22-18(23)19-9-13-5-14(10-19)7-15(6-13)11-19/h1-2,8,13-15H,3-7,9-11H2,(H,22,23). The lowest BCUT2D eigenvalue weighted by molar-refractivity contribution is -0.146. The van der Waals surface area contributed by atoms with Gasteiger partial charge < -0.3 is 5.32 Å². The van der Waals surface area contributed by atoms with E-state index < -0.39 is 0 Å². The molecule has 0 unspecified atom stereocenters. The van der Waals surface area contributed by atoms with Crippen LogP contribution in [0, 0.1) is 29.0 Å². The van der Waals surface area contributed by atoms with E-state index in [2.05, 4.69) is 21.2 Å². The summed E-state index contributed by atoms with van der Waals surface area (Å²) in [5.41, 5.74) is 0.974. The van der Waals surface area contributed by atoms with E-state index in [-0.39, 0.29) is 17.1 Å². The molecule has 0 radical (unpaired) electrons. The quantitative estimate of drug-likeness (QED) is 0.821. The lowest BCUT2D eigenvalue weighted by Crippen LogP contribution is -2.53. The van der Waals surface area contributed by atoms with Crippen LogP contribution in [0.25, 0.3) is 0 Å². The van der Waals surface area contributed by atoms with Gasteiger partial charge in [0, 0.05) is 12.0 Å². The third-order valence-electron chi connectivity index (χ3n) is 6.20. The molecule has 4 bridgehead atoms. The van der Waals surface area contributed by atoms with E-state index in [1.807, 2.05) is 0 Å². The van der Waals surface area contributed by atoms with Gasteiger partial charge in [0.15, 0.2) is 0 Å². The number of nitrogens with one attached hydrogen (secondary N) is 1. The second kappa shape index (κ2) is 5.87. The van der Waals surface area contributed by atoms with Gasteiger partial charge in [0.2, 0.25) is 5.91 Å². The summed E-state index contributed by atoms with van der Waals surface area (Å²) in [6, 6.07) is 5.06. The third-order valence-corrected chi connectivity index (χ3v) is 6.81. The SMILES string of the molecule is O=C(NCCc1ccc(F)c(Br)c1)C12CC3CC(CC(C3)C1)C2. The number of benzene rings is 1. The Hall–Kier alpha value is -0.900. The number of amides is 1. The highest BCUT2D eigenvalue weighted by Gasteiger charge is 2.54. The molecule has 0 spiro atoms. The molecule has 0 atom stereocenters.